The van der Waals surface area contributed by atoms with Crippen molar-refractivity contribution in [1.82, 2.24) is 0 Å². The maximum absolute atomic E-state index is 2.39. The van der Waals surface area contributed by atoms with Crippen molar-refractivity contribution < 1.29 is 0 Å². The van der Waals surface area contributed by atoms with Crippen LogP contribution < -0.4 is 0 Å². The lowest BCUT2D eigenvalue weighted by atomic mass is 9.87. The summed E-state index contributed by atoms with van der Waals surface area (Å²) in [5, 5.41) is 0. The van der Waals surface area contributed by atoms with Gasteiger partial charge in [0.15, 0.2) is 0 Å². The molecule has 1 aliphatic rings. The van der Waals surface area contributed by atoms with Crippen LogP contribution in [0.1, 0.15) is 59.8 Å². The topological polar surface area (TPSA) is 0 Å². The predicted molar refractivity (Wildman–Crippen MR) is 68.9 cm³/mol. The van der Waals surface area contributed by atoms with Gasteiger partial charge >= 0.3 is 0 Å². The smallest absolute Gasteiger partial charge is 0.0127 e. The van der Waals surface area contributed by atoms with Gasteiger partial charge in [-0.2, -0.15) is 0 Å². The van der Waals surface area contributed by atoms with E-state index >= 15 is 0 Å². The summed E-state index contributed by atoms with van der Waals surface area (Å²) in [6, 6.07) is 0. The van der Waals surface area contributed by atoms with Crippen LogP contribution in [0.4, 0.5) is 0 Å². The Bertz CT molecular complexity index is 245. The number of hydrogen-bond acceptors (Lipinski definition) is 0. The Balaban J connectivity index is 2.71. The van der Waals surface area contributed by atoms with Gasteiger partial charge in [-0.05, 0) is 36.7 Å². The van der Waals surface area contributed by atoms with E-state index in [1.54, 1.807) is 11.1 Å². The molecule has 0 radical (unpaired) electrons. The average molecular weight is 206 g/mol. The average Bonchev–Trinajstić information content (AvgIpc) is 2.66. The first-order valence-electron chi connectivity index (χ1n) is 6.60. The summed E-state index contributed by atoms with van der Waals surface area (Å²) >= 11 is 0. The zero-order valence-electron chi connectivity index (χ0n) is 10.8. The summed E-state index contributed by atoms with van der Waals surface area (Å²) in [7, 11) is 0. The molecule has 2 unspecified atom stereocenters. The molecule has 0 saturated heterocycles. The molecule has 0 saturated carbocycles. The normalized spacial score (nSPS) is 19.7. The van der Waals surface area contributed by atoms with Gasteiger partial charge in [-0.25, -0.2) is 0 Å². The highest BCUT2D eigenvalue weighted by Gasteiger charge is 2.18. The van der Waals surface area contributed by atoms with Crippen molar-refractivity contribution in [3.05, 3.63) is 23.3 Å². The van der Waals surface area contributed by atoms with Gasteiger partial charge in [-0.1, -0.05) is 58.3 Å². The fraction of sp³-hybridized carbons (Fsp3) is 0.733. The molecule has 0 aromatic rings. The summed E-state index contributed by atoms with van der Waals surface area (Å²) in [6.07, 6.45) is 11.2. The van der Waals surface area contributed by atoms with Crippen LogP contribution >= 0.6 is 0 Å². The minimum Gasteiger partial charge on any atom is -0.0802 e. The van der Waals surface area contributed by atoms with Crippen molar-refractivity contribution in [3.63, 3.8) is 0 Å². The third-order valence-corrected chi connectivity index (χ3v) is 3.58. The van der Waals surface area contributed by atoms with Crippen LogP contribution in [0.15, 0.2) is 23.3 Å². The highest BCUT2D eigenvalue weighted by atomic mass is 14.2. The highest BCUT2D eigenvalue weighted by molar-refractivity contribution is 5.36. The zero-order valence-corrected chi connectivity index (χ0v) is 10.8. The summed E-state index contributed by atoms with van der Waals surface area (Å²) in [5.41, 5.74) is 3.37. The van der Waals surface area contributed by atoms with Crippen molar-refractivity contribution in [2.24, 2.45) is 11.8 Å². The molecular formula is C15H26. The fourth-order valence-corrected chi connectivity index (χ4v) is 2.70. The zero-order chi connectivity index (χ0) is 11.3. The third-order valence-electron chi connectivity index (χ3n) is 3.58. The lowest BCUT2D eigenvalue weighted by Crippen LogP contribution is -2.04. The van der Waals surface area contributed by atoms with Crippen LogP contribution in [0.2, 0.25) is 0 Å². The molecule has 15 heavy (non-hydrogen) atoms. The van der Waals surface area contributed by atoms with Gasteiger partial charge in [0.25, 0.3) is 0 Å². The third kappa shape index (κ3) is 3.22. The maximum Gasteiger partial charge on any atom is -0.0127 e. The first kappa shape index (κ1) is 12.5. The second-order valence-electron chi connectivity index (χ2n) is 4.97. The van der Waals surface area contributed by atoms with Crippen molar-refractivity contribution in [2.75, 3.05) is 0 Å². The van der Waals surface area contributed by atoms with Crippen LogP contribution in [-0.4, -0.2) is 0 Å². The van der Waals surface area contributed by atoms with Gasteiger partial charge in [-0.3, -0.25) is 0 Å². The van der Waals surface area contributed by atoms with Crippen LogP contribution in [0, 0.1) is 11.8 Å². The van der Waals surface area contributed by atoms with Gasteiger partial charge in [0.05, 0.1) is 0 Å². The lowest BCUT2D eigenvalue weighted by Gasteiger charge is -2.19. The Hall–Kier alpha value is -0.520. The summed E-state index contributed by atoms with van der Waals surface area (Å²) in [4.78, 5) is 0. The van der Waals surface area contributed by atoms with E-state index in [-0.39, 0.29) is 0 Å². The standard InChI is InChI=1S/C15H26/c1-5-8-12(3)14-10-7-11-15(14)13(4)9-6-2/h7,10,12-13H,5-6,8-9,11H2,1-4H3. The van der Waals surface area contributed by atoms with E-state index in [1.807, 2.05) is 0 Å². The van der Waals surface area contributed by atoms with Crippen LogP contribution in [0.3, 0.4) is 0 Å². The van der Waals surface area contributed by atoms with E-state index < -0.39 is 0 Å². The molecule has 0 amide bonds. The van der Waals surface area contributed by atoms with E-state index in [4.69, 9.17) is 0 Å². The van der Waals surface area contributed by atoms with E-state index in [0.717, 1.165) is 11.8 Å². The van der Waals surface area contributed by atoms with E-state index in [9.17, 15) is 0 Å². The molecular weight excluding hydrogens is 180 g/mol. The molecule has 0 spiro atoms. The number of rotatable bonds is 6. The van der Waals surface area contributed by atoms with Crippen LogP contribution in [0.25, 0.3) is 0 Å². The molecule has 0 aliphatic heterocycles. The van der Waals surface area contributed by atoms with Crippen LogP contribution in [0.5, 0.6) is 0 Å². The number of hydrogen-bond donors (Lipinski definition) is 0. The summed E-state index contributed by atoms with van der Waals surface area (Å²) < 4.78 is 0. The van der Waals surface area contributed by atoms with Crippen molar-refractivity contribution >= 4 is 0 Å². The quantitative estimate of drug-likeness (QED) is 0.566. The van der Waals surface area contributed by atoms with E-state index in [2.05, 4.69) is 39.8 Å². The maximum atomic E-state index is 2.39. The molecule has 0 aromatic heterocycles. The Morgan fingerprint density at radius 2 is 1.67 bits per heavy atom. The second kappa shape index (κ2) is 6.15. The SMILES string of the molecule is CCCC(C)C1=C(C(C)CCC)CC=C1. The van der Waals surface area contributed by atoms with Gasteiger partial charge in [0, 0.05) is 0 Å². The molecule has 0 heteroatoms. The molecule has 0 aromatic carbocycles. The van der Waals surface area contributed by atoms with Crippen molar-refractivity contribution in [3.8, 4) is 0 Å². The van der Waals surface area contributed by atoms with Gasteiger partial charge in [0.2, 0.25) is 0 Å². The Morgan fingerprint density at radius 1 is 1.07 bits per heavy atom. The second-order valence-corrected chi connectivity index (χ2v) is 4.97. The van der Waals surface area contributed by atoms with Gasteiger partial charge < -0.3 is 0 Å². The minimum absolute atomic E-state index is 0.767. The summed E-state index contributed by atoms with van der Waals surface area (Å²) in [6.45, 7) is 9.34. The first-order chi connectivity index (χ1) is 7.20. The van der Waals surface area contributed by atoms with Gasteiger partial charge in [-0.15, -0.1) is 0 Å². The fourth-order valence-electron chi connectivity index (χ4n) is 2.70. The molecule has 2 atom stereocenters. The first-order valence-corrected chi connectivity index (χ1v) is 6.60. The van der Waals surface area contributed by atoms with E-state index in [1.165, 1.54) is 32.1 Å². The molecule has 1 rings (SSSR count). The molecule has 0 N–H and O–H groups in total. The van der Waals surface area contributed by atoms with Crippen molar-refractivity contribution in [2.45, 2.75) is 59.8 Å². The summed E-state index contributed by atoms with van der Waals surface area (Å²) in [5.74, 6) is 1.56. The molecule has 0 fully saturated rings. The Morgan fingerprint density at radius 3 is 2.27 bits per heavy atom. The highest BCUT2D eigenvalue weighted by Crippen LogP contribution is 2.34. The molecule has 0 nitrogen and oxygen atoms in total. The van der Waals surface area contributed by atoms with Gasteiger partial charge in [0.1, 0.15) is 0 Å². The Kier molecular flexibility index (Phi) is 5.14. The van der Waals surface area contributed by atoms with E-state index in [0.29, 0.717) is 0 Å². The van der Waals surface area contributed by atoms with Crippen LogP contribution in [-0.2, 0) is 0 Å². The molecule has 0 heterocycles. The minimum atomic E-state index is 0.767. The molecule has 86 valence electrons. The largest absolute Gasteiger partial charge is 0.0802 e. The molecule has 0 bridgehead atoms. The predicted octanol–water partition coefficient (Wildman–Crippen LogP) is 5.12. The number of allylic oxidation sites excluding steroid dienone is 4. The monoisotopic (exact) mass is 206 g/mol. The molecule has 1 aliphatic carbocycles. The Labute approximate surface area is 95.5 Å². The van der Waals surface area contributed by atoms with Crippen molar-refractivity contribution in [1.29, 1.82) is 0 Å². The lowest BCUT2D eigenvalue weighted by molar-refractivity contribution is 0.559.